The Bertz CT molecular complexity index is 807. The van der Waals surface area contributed by atoms with Crippen molar-refractivity contribution in [3.05, 3.63) is 71.0 Å². The summed E-state index contributed by atoms with van der Waals surface area (Å²) >= 11 is 0. The summed E-state index contributed by atoms with van der Waals surface area (Å²) in [4.78, 5) is 25.6. The Labute approximate surface area is 157 Å². The molecule has 2 aromatic carbocycles. The number of hydrogen-bond acceptors (Lipinski definition) is 3. The second-order valence-electron chi connectivity index (χ2n) is 6.77. The van der Waals surface area contributed by atoms with Crippen LogP contribution in [0.3, 0.4) is 0 Å². The molecule has 5 nitrogen and oxygen atoms in total. The van der Waals surface area contributed by atoms with Crippen molar-refractivity contribution in [3.8, 4) is 0 Å². The topological polar surface area (TPSA) is 69.6 Å². The lowest BCUT2D eigenvalue weighted by Gasteiger charge is -2.35. The van der Waals surface area contributed by atoms with E-state index in [1.165, 1.54) is 12.1 Å². The Kier molecular flexibility index (Phi) is 6.19. The minimum atomic E-state index is -0.871. The Morgan fingerprint density at radius 2 is 1.81 bits per heavy atom. The summed E-state index contributed by atoms with van der Waals surface area (Å²) in [5, 5.41) is 11.9. The number of carboxylic acid groups (broad SMARTS) is 1. The van der Waals surface area contributed by atoms with Crippen LogP contribution < -0.4 is 5.32 Å². The van der Waals surface area contributed by atoms with Crippen LogP contribution >= 0.6 is 0 Å². The number of carbonyl (C=O) groups excluding carboxylic acids is 1. The molecule has 0 bridgehead atoms. The summed E-state index contributed by atoms with van der Waals surface area (Å²) in [5.74, 6) is -1.25. The minimum absolute atomic E-state index is 0.00151. The lowest BCUT2D eigenvalue weighted by atomic mass is 9.93. The van der Waals surface area contributed by atoms with Gasteiger partial charge < -0.3 is 10.4 Å². The minimum Gasteiger partial charge on any atom is -0.481 e. The van der Waals surface area contributed by atoms with Crippen LogP contribution in [0.2, 0.25) is 0 Å². The third kappa shape index (κ3) is 5.14. The largest absolute Gasteiger partial charge is 0.481 e. The number of hydrogen-bond donors (Lipinski definition) is 2. The molecule has 0 fully saturated rings. The van der Waals surface area contributed by atoms with E-state index in [2.05, 4.69) is 5.32 Å². The normalized spacial score (nSPS) is 16.6. The molecule has 1 atom stereocenters. The molecule has 1 unspecified atom stereocenters. The summed E-state index contributed by atoms with van der Waals surface area (Å²) in [5.41, 5.74) is 3.22. The first-order valence-corrected chi connectivity index (χ1v) is 9.07. The molecule has 27 heavy (non-hydrogen) atoms. The molecule has 1 aliphatic heterocycles. The molecular formula is C21H23FN2O3. The molecule has 0 radical (unpaired) electrons. The molecule has 0 spiro atoms. The number of nitrogens with one attached hydrogen (secondary N) is 1. The number of amides is 1. The summed E-state index contributed by atoms with van der Waals surface area (Å²) in [6, 6.07) is 13.8. The van der Waals surface area contributed by atoms with Gasteiger partial charge in [-0.3, -0.25) is 14.5 Å². The van der Waals surface area contributed by atoms with Crippen LogP contribution in [0.1, 0.15) is 23.1 Å². The van der Waals surface area contributed by atoms with Gasteiger partial charge in [-0.1, -0.05) is 36.4 Å². The number of aliphatic carboxylic acids is 1. The number of nitrogens with zero attached hydrogens (tertiary/aromatic N) is 1. The predicted molar refractivity (Wildman–Crippen MR) is 99.7 cm³/mol. The zero-order chi connectivity index (χ0) is 19.2. The molecule has 1 heterocycles. The smallest absolute Gasteiger partial charge is 0.304 e. The van der Waals surface area contributed by atoms with Crippen LogP contribution in [0.15, 0.2) is 48.5 Å². The first-order chi connectivity index (χ1) is 13.0. The summed E-state index contributed by atoms with van der Waals surface area (Å²) in [6.45, 7) is 1.36. The molecule has 1 amide bonds. The van der Waals surface area contributed by atoms with Crippen molar-refractivity contribution in [2.75, 3.05) is 13.1 Å². The molecule has 0 aliphatic carbocycles. The Balaban J connectivity index is 1.62. The molecule has 142 valence electrons. The maximum atomic E-state index is 13.0. The molecule has 2 N–H and O–H groups in total. The number of halogens is 1. The third-order valence-electron chi connectivity index (χ3n) is 4.89. The van der Waals surface area contributed by atoms with Crippen molar-refractivity contribution < 1.29 is 19.1 Å². The summed E-state index contributed by atoms with van der Waals surface area (Å²) < 4.78 is 13.0. The van der Waals surface area contributed by atoms with Crippen molar-refractivity contribution >= 4 is 11.9 Å². The number of fused-ring (bicyclic) bond motifs is 1. The zero-order valence-corrected chi connectivity index (χ0v) is 15.0. The van der Waals surface area contributed by atoms with Gasteiger partial charge in [-0.25, -0.2) is 4.39 Å². The molecule has 0 saturated heterocycles. The van der Waals surface area contributed by atoms with Gasteiger partial charge in [0.05, 0.1) is 12.5 Å². The number of carbonyl (C=O) groups is 2. The van der Waals surface area contributed by atoms with Crippen LogP contribution in [0.4, 0.5) is 4.39 Å². The fourth-order valence-electron chi connectivity index (χ4n) is 3.41. The van der Waals surface area contributed by atoms with Gasteiger partial charge in [0, 0.05) is 19.6 Å². The van der Waals surface area contributed by atoms with Gasteiger partial charge in [0.1, 0.15) is 5.82 Å². The van der Waals surface area contributed by atoms with E-state index in [1.807, 2.05) is 29.2 Å². The van der Waals surface area contributed by atoms with Crippen molar-refractivity contribution in [2.24, 2.45) is 0 Å². The molecule has 2 aromatic rings. The highest BCUT2D eigenvalue weighted by atomic mass is 19.1. The van der Waals surface area contributed by atoms with Gasteiger partial charge in [0.25, 0.3) is 0 Å². The SMILES string of the molecule is O=C(O)CCN1Cc2ccccc2CC1C(=O)NCCc1ccc(F)cc1. The van der Waals surface area contributed by atoms with E-state index in [9.17, 15) is 14.0 Å². The van der Waals surface area contributed by atoms with Crippen LogP contribution in [0.5, 0.6) is 0 Å². The fourth-order valence-corrected chi connectivity index (χ4v) is 3.41. The molecule has 3 rings (SSSR count). The van der Waals surface area contributed by atoms with Crippen LogP contribution in [-0.2, 0) is 29.0 Å². The zero-order valence-electron chi connectivity index (χ0n) is 15.0. The molecule has 1 aliphatic rings. The second kappa shape index (κ2) is 8.77. The molecule has 0 saturated carbocycles. The number of rotatable bonds is 7. The van der Waals surface area contributed by atoms with E-state index in [1.54, 1.807) is 12.1 Å². The predicted octanol–water partition coefficient (Wildman–Crippen LogP) is 2.39. The average molecular weight is 370 g/mol. The van der Waals surface area contributed by atoms with E-state index >= 15 is 0 Å². The standard InChI is InChI=1S/C21H23FN2O3/c22-18-7-5-15(6-8-18)9-11-23-21(27)19-13-16-3-1-2-4-17(16)14-24(19)12-10-20(25)26/h1-8,19H,9-14H2,(H,23,27)(H,25,26). The van der Waals surface area contributed by atoms with E-state index in [-0.39, 0.29) is 24.2 Å². The maximum absolute atomic E-state index is 13.0. The van der Waals surface area contributed by atoms with Gasteiger partial charge in [-0.05, 0) is 41.7 Å². The fraction of sp³-hybridized carbons (Fsp3) is 0.333. The third-order valence-corrected chi connectivity index (χ3v) is 4.89. The van der Waals surface area contributed by atoms with Gasteiger partial charge in [0.2, 0.25) is 5.91 Å². The van der Waals surface area contributed by atoms with Crippen molar-refractivity contribution in [2.45, 2.75) is 31.8 Å². The van der Waals surface area contributed by atoms with Gasteiger partial charge >= 0.3 is 5.97 Å². The van der Waals surface area contributed by atoms with Crippen LogP contribution in [-0.4, -0.2) is 41.0 Å². The van der Waals surface area contributed by atoms with Gasteiger partial charge in [-0.2, -0.15) is 0 Å². The van der Waals surface area contributed by atoms with Crippen molar-refractivity contribution in [1.29, 1.82) is 0 Å². The van der Waals surface area contributed by atoms with Crippen LogP contribution in [0, 0.1) is 5.82 Å². The summed E-state index contributed by atoms with van der Waals surface area (Å²) in [7, 11) is 0. The highest BCUT2D eigenvalue weighted by Gasteiger charge is 2.31. The average Bonchev–Trinajstić information content (AvgIpc) is 2.67. The van der Waals surface area contributed by atoms with E-state index in [0.29, 0.717) is 32.5 Å². The monoisotopic (exact) mass is 370 g/mol. The Hall–Kier alpha value is -2.73. The molecular weight excluding hydrogens is 347 g/mol. The van der Waals surface area contributed by atoms with E-state index in [4.69, 9.17) is 5.11 Å². The second-order valence-corrected chi connectivity index (χ2v) is 6.77. The highest BCUT2D eigenvalue weighted by molar-refractivity contribution is 5.82. The molecule has 0 aromatic heterocycles. The van der Waals surface area contributed by atoms with Crippen molar-refractivity contribution in [3.63, 3.8) is 0 Å². The maximum Gasteiger partial charge on any atom is 0.304 e. The number of benzene rings is 2. The Morgan fingerprint density at radius 1 is 1.11 bits per heavy atom. The van der Waals surface area contributed by atoms with Crippen LogP contribution in [0.25, 0.3) is 0 Å². The lowest BCUT2D eigenvalue weighted by Crippen LogP contribution is -2.51. The molecule has 6 heteroatoms. The Morgan fingerprint density at radius 3 is 2.52 bits per heavy atom. The number of carboxylic acids is 1. The lowest BCUT2D eigenvalue weighted by molar-refractivity contribution is -0.138. The van der Waals surface area contributed by atoms with E-state index in [0.717, 1.165) is 16.7 Å². The van der Waals surface area contributed by atoms with Gasteiger partial charge in [-0.15, -0.1) is 0 Å². The van der Waals surface area contributed by atoms with Gasteiger partial charge in [0.15, 0.2) is 0 Å². The first-order valence-electron chi connectivity index (χ1n) is 9.07. The summed E-state index contributed by atoms with van der Waals surface area (Å²) in [6.07, 6.45) is 1.18. The quantitative estimate of drug-likeness (QED) is 0.785. The highest BCUT2D eigenvalue weighted by Crippen LogP contribution is 2.23. The van der Waals surface area contributed by atoms with Crippen molar-refractivity contribution in [1.82, 2.24) is 10.2 Å². The first kappa shape index (κ1) is 19.0. The van der Waals surface area contributed by atoms with E-state index < -0.39 is 5.97 Å².